The largest absolute Gasteiger partial charge is 0.252 e. The number of aromatic nitrogens is 2. The Morgan fingerprint density at radius 3 is 2.45 bits per heavy atom. The molecular formula is C15H14ClFN2Si. The molecule has 0 aliphatic carbocycles. The molecule has 0 radical (unpaired) electrons. The van der Waals surface area contributed by atoms with E-state index in [-0.39, 0.29) is 5.82 Å². The van der Waals surface area contributed by atoms with E-state index in [1.165, 1.54) is 12.1 Å². The highest BCUT2D eigenvalue weighted by Gasteiger charge is 2.08. The Bertz CT molecular complexity index is 682. The minimum Gasteiger partial charge on any atom is -0.252 e. The van der Waals surface area contributed by atoms with E-state index in [0.717, 1.165) is 0 Å². The zero-order valence-electron chi connectivity index (χ0n) is 11.5. The van der Waals surface area contributed by atoms with Crippen LogP contribution in [0.5, 0.6) is 0 Å². The van der Waals surface area contributed by atoms with Crippen molar-refractivity contribution in [1.82, 2.24) is 9.97 Å². The lowest BCUT2D eigenvalue weighted by Gasteiger charge is -2.04. The maximum absolute atomic E-state index is 13.0. The van der Waals surface area contributed by atoms with Gasteiger partial charge >= 0.3 is 0 Å². The summed E-state index contributed by atoms with van der Waals surface area (Å²) in [7, 11) is -1.42. The molecular weight excluding hydrogens is 291 g/mol. The number of benzene rings is 1. The molecule has 1 aromatic carbocycles. The van der Waals surface area contributed by atoms with E-state index in [1.807, 2.05) is 0 Å². The molecule has 0 unspecified atom stereocenters. The van der Waals surface area contributed by atoms with E-state index < -0.39 is 8.07 Å². The Hall–Kier alpha value is -1.70. The summed E-state index contributed by atoms with van der Waals surface area (Å²) in [5.41, 5.74) is 5.12. The molecule has 1 aromatic heterocycles. The second-order valence-electron chi connectivity index (χ2n) is 5.41. The Labute approximate surface area is 124 Å². The van der Waals surface area contributed by atoms with Crippen LogP contribution >= 0.6 is 11.6 Å². The first-order valence-corrected chi connectivity index (χ1v) is 10.0. The molecule has 0 bridgehead atoms. The van der Waals surface area contributed by atoms with E-state index in [4.69, 9.17) is 11.6 Å². The predicted octanol–water partition coefficient (Wildman–Crippen LogP) is 4.17. The summed E-state index contributed by atoms with van der Waals surface area (Å²) in [4.78, 5) is 8.54. The molecule has 0 aliphatic rings. The van der Waals surface area contributed by atoms with Gasteiger partial charge in [0.1, 0.15) is 19.6 Å². The molecule has 0 amide bonds. The van der Waals surface area contributed by atoms with E-state index in [9.17, 15) is 4.39 Å². The van der Waals surface area contributed by atoms with Crippen molar-refractivity contribution >= 4 is 19.7 Å². The third-order valence-electron chi connectivity index (χ3n) is 2.42. The topological polar surface area (TPSA) is 25.8 Å². The average Bonchev–Trinajstić information content (AvgIpc) is 2.36. The van der Waals surface area contributed by atoms with Crippen LogP contribution in [0.4, 0.5) is 4.39 Å². The van der Waals surface area contributed by atoms with Gasteiger partial charge in [0.25, 0.3) is 0 Å². The SMILES string of the molecule is C[Si](C)(C)C#Cc1cnc(-c2ccc(F)cc2Cl)cn1. The number of hydrogen-bond acceptors (Lipinski definition) is 2. The van der Waals surface area contributed by atoms with E-state index in [2.05, 4.69) is 41.1 Å². The minimum absolute atomic E-state index is 0.320. The Balaban J connectivity index is 2.30. The summed E-state index contributed by atoms with van der Waals surface area (Å²) >= 11 is 5.99. The van der Waals surface area contributed by atoms with Crippen molar-refractivity contribution in [3.05, 3.63) is 47.1 Å². The second kappa shape index (κ2) is 5.74. The highest BCUT2D eigenvalue weighted by atomic mass is 35.5. The smallest absolute Gasteiger partial charge is 0.130 e. The second-order valence-corrected chi connectivity index (χ2v) is 10.6. The summed E-state index contributed by atoms with van der Waals surface area (Å²) in [6.07, 6.45) is 3.22. The molecule has 2 nitrogen and oxygen atoms in total. The highest BCUT2D eigenvalue weighted by molar-refractivity contribution is 6.83. The molecule has 0 spiro atoms. The molecule has 2 aromatic rings. The van der Waals surface area contributed by atoms with Gasteiger partial charge in [0.2, 0.25) is 0 Å². The van der Waals surface area contributed by atoms with Crippen LogP contribution in [0.3, 0.4) is 0 Å². The van der Waals surface area contributed by atoms with Crippen LogP contribution in [0.2, 0.25) is 24.7 Å². The van der Waals surface area contributed by atoms with Crippen LogP contribution in [-0.4, -0.2) is 18.0 Å². The highest BCUT2D eigenvalue weighted by Crippen LogP contribution is 2.26. The van der Waals surface area contributed by atoms with Crippen LogP contribution in [0.15, 0.2) is 30.6 Å². The lowest BCUT2D eigenvalue weighted by molar-refractivity contribution is 0.628. The third kappa shape index (κ3) is 3.89. The first kappa shape index (κ1) is 14.7. The van der Waals surface area contributed by atoms with Crippen molar-refractivity contribution in [2.75, 3.05) is 0 Å². The fraction of sp³-hybridized carbons (Fsp3) is 0.200. The van der Waals surface area contributed by atoms with Crippen LogP contribution in [0, 0.1) is 17.3 Å². The summed E-state index contributed by atoms with van der Waals surface area (Å²) in [5, 5.41) is 0.320. The van der Waals surface area contributed by atoms with Crippen LogP contribution in [-0.2, 0) is 0 Å². The monoisotopic (exact) mass is 304 g/mol. The van der Waals surface area contributed by atoms with Gasteiger partial charge in [-0.3, -0.25) is 4.98 Å². The molecule has 0 N–H and O–H groups in total. The molecule has 0 aliphatic heterocycles. The molecule has 20 heavy (non-hydrogen) atoms. The zero-order chi connectivity index (χ0) is 14.8. The molecule has 0 fully saturated rings. The van der Waals surface area contributed by atoms with Gasteiger partial charge in [0, 0.05) is 5.56 Å². The number of rotatable bonds is 1. The van der Waals surface area contributed by atoms with Gasteiger partial charge in [-0.05, 0) is 18.2 Å². The molecule has 0 atom stereocenters. The van der Waals surface area contributed by atoms with Crippen LogP contribution in [0.1, 0.15) is 5.69 Å². The van der Waals surface area contributed by atoms with Crippen LogP contribution in [0.25, 0.3) is 11.3 Å². The quantitative estimate of drug-likeness (QED) is 0.584. The van der Waals surface area contributed by atoms with Crippen molar-refractivity contribution in [2.45, 2.75) is 19.6 Å². The van der Waals surface area contributed by atoms with E-state index in [0.29, 0.717) is 22.0 Å². The minimum atomic E-state index is -1.42. The maximum atomic E-state index is 13.0. The van der Waals surface area contributed by atoms with E-state index in [1.54, 1.807) is 18.5 Å². The van der Waals surface area contributed by atoms with E-state index >= 15 is 0 Å². The summed E-state index contributed by atoms with van der Waals surface area (Å²) in [6.45, 7) is 6.50. The van der Waals surface area contributed by atoms with Crippen molar-refractivity contribution in [3.8, 4) is 22.7 Å². The van der Waals surface area contributed by atoms with Gasteiger partial charge in [-0.1, -0.05) is 37.2 Å². The summed E-state index contributed by atoms with van der Waals surface area (Å²) in [5.74, 6) is 2.66. The Morgan fingerprint density at radius 1 is 1.15 bits per heavy atom. The third-order valence-corrected chi connectivity index (χ3v) is 3.61. The molecule has 0 saturated carbocycles. The summed E-state index contributed by atoms with van der Waals surface area (Å²) in [6, 6.07) is 4.20. The van der Waals surface area contributed by atoms with Crippen molar-refractivity contribution in [2.24, 2.45) is 0 Å². The first-order valence-electron chi connectivity index (χ1n) is 6.16. The molecule has 2 rings (SSSR count). The first-order chi connectivity index (χ1) is 9.35. The van der Waals surface area contributed by atoms with Crippen molar-refractivity contribution < 1.29 is 4.39 Å². The predicted molar refractivity (Wildman–Crippen MR) is 82.7 cm³/mol. The van der Waals surface area contributed by atoms with Crippen molar-refractivity contribution in [3.63, 3.8) is 0 Å². The lowest BCUT2D eigenvalue weighted by atomic mass is 10.1. The van der Waals surface area contributed by atoms with Gasteiger partial charge in [-0.25, -0.2) is 9.37 Å². The molecule has 1 heterocycles. The fourth-order valence-electron chi connectivity index (χ4n) is 1.48. The van der Waals surface area contributed by atoms with Gasteiger partial charge < -0.3 is 0 Å². The van der Waals surface area contributed by atoms with Gasteiger partial charge in [0.15, 0.2) is 0 Å². The molecule has 5 heteroatoms. The van der Waals surface area contributed by atoms with Crippen LogP contribution < -0.4 is 0 Å². The number of nitrogens with zero attached hydrogens (tertiary/aromatic N) is 2. The van der Waals surface area contributed by atoms with Gasteiger partial charge in [0.05, 0.1) is 23.1 Å². The fourth-order valence-corrected chi connectivity index (χ4v) is 2.25. The molecule has 102 valence electrons. The maximum Gasteiger partial charge on any atom is 0.130 e. The Morgan fingerprint density at radius 2 is 1.90 bits per heavy atom. The average molecular weight is 305 g/mol. The normalized spacial score (nSPS) is 10.8. The number of hydrogen-bond donors (Lipinski definition) is 0. The standard InChI is InChI=1S/C15H14ClFN2Si/c1-20(2,3)7-6-12-9-19-15(10-18-12)13-5-4-11(17)8-14(13)16/h4-5,8-10H,1-3H3. The van der Waals surface area contributed by atoms with Gasteiger partial charge in [-0.15, -0.1) is 5.54 Å². The zero-order valence-corrected chi connectivity index (χ0v) is 13.3. The molecule has 0 saturated heterocycles. The van der Waals surface area contributed by atoms with Crippen molar-refractivity contribution in [1.29, 1.82) is 0 Å². The number of halogens is 2. The summed E-state index contributed by atoms with van der Waals surface area (Å²) < 4.78 is 13.0. The lowest BCUT2D eigenvalue weighted by Crippen LogP contribution is -2.16. The van der Waals surface area contributed by atoms with Gasteiger partial charge in [-0.2, -0.15) is 0 Å². The Kier molecular flexibility index (Phi) is 4.22.